The Labute approximate surface area is 173 Å². The van der Waals surface area contributed by atoms with Crippen molar-refractivity contribution in [1.29, 1.82) is 0 Å². The number of amides is 2. The SMILES string of the molecule is Cc1ccc(N2C(=O)c3cccc4c(N5CCOCC5)ccc(c34)C2=O)cc1Cl. The molecule has 0 saturated carbocycles. The second-order valence-electron chi connectivity index (χ2n) is 7.34. The Kier molecular flexibility index (Phi) is 4.30. The van der Waals surface area contributed by atoms with E-state index in [9.17, 15) is 9.59 Å². The maximum absolute atomic E-state index is 13.3. The summed E-state index contributed by atoms with van der Waals surface area (Å²) in [7, 11) is 0. The summed E-state index contributed by atoms with van der Waals surface area (Å²) in [5.74, 6) is -0.653. The van der Waals surface area contributed by atoms with E-state index in [1.54, 1.807) is 18.2 Å². The third-order valence-electron chi connectivity index (χ3n) is 5.65. The Morgan fingerprint density at radius 3 is 2.38 bits per heavy atom. The molecule has 2 aliphatic heterocycles. The molecule has 29 heavy (non-hydrogen) atoms. The molecule has 0 spiro atoms. The Bertz CT molecular complexity index is 1150. The Hall–Kier alpha value is -2.89. The third kappa shape index (κ3) is 2.81. The molecule has 3 aromatic carbocycles. The lowest BCUT2D eigenvalue weighted by molar-refractivity contribution is 0.0893. The van der Waals surface area contributed by atoms with Crippen LogP contribution in [-0.2, 0) is 4.74 Å². The molecule has 5 nitrogen and oxygen atoms in total. The number of carbonyl (C=O) groups is 2. The summed E-state index contributed by atoms with van der Waals surface area (Å²) in [5, 5.41) is 2.17. The molecule has 0 bridgehead atoms. The Morgan fingerprint density at radius 2 is 1.66 bits per heavy atom. The molecule has 2 amide bonds. The van der Waals surface area contributed by atoms with Crippen molar-refractivity contribution >= 4 is 45.6 Å². The van der Waals surface area contributed by atoms with Crippen molar-refractivity contribution in [1.82, 2.24) is 0 Å². The van der Waals surface area contributed by atoms with E-state index in [1.807, 2.05) is 37.3 Å². The van der Waals surface area contributed by atoms with Crippen molar-refractivity contribution in [2.45, 2.75) is 6.92 Å². The molecule has 0 aliphatic carbocycles. The van der Waals surface area contributed by atoms with Gasteiger partial charge in [-0.25, -0.2) is 4.90 Å². The lowest BCUT2D eigenvalue weighted by Crippen LogP contribution is -2.41. The molecular weight excluding hydrogens is 388 g/mol. The summed E-state index contributed by atoms with van der Waals surface area (Å²) in [6, 6.07) is 14.7. The number of nitrogens with zero attached hydrogens (tertiary/aromatic N) is 2. The van der Waals surface area contributed by atoms with Crippen LogP contribution >= 0.6 is 11.6 Å². The van der Waals surface area contributed by atoms with Crippen LogP contribution in [0.15, 0.2) is 48.5 Å². The van der Waals surface area contributed by atoms with Crippen LogP contribution in [0.25, 0.3) is 10.8 Å². The van der Waals surface area contributed by atoms with Crippen LogP contribution in [0.4, 0.5) is 11.4 Å². The minimum absolute atomic E-state index is 0.327. The van der Waals surface area contributed by atoms with Gasteiger partial charge in [-0.2, -0.15) is 0 Å². The number of anilines is 2. The van der Waals surface area contributed by atoms with Crippen molar-refractivity contribution in [3.05, 3.63) is 70.2 Å². The molecule has 1 saturated heterocycles. The zero-order valence-electron chi connectivity index (χ0n) is 15.9. The van der Waals surface area contributed by atoms with Gasteiger partial charge in [-0.3, -0.25) is 9.59 Å². The van der Waals surface area contributed by atoms with Crippen molar-refractivity contribution in [2.24, 2.45) is 0 Å². The molecule has 0 radical (unpaired) electrons. The van der Waals surface area contributed by atoms with Crippen LogP contribution in [0.1, 0.15) is 26.3 Å². The maximum Gasteiger partial charge on any atom is 0.265 e. The molecule has 1 fully saturated rings. The van der Waals surface area contributed by atoms with E-state index >= 15 is 0 Å². The maximum atomic E-state index is 13.3. The minimum Gasteiger partial charge on any atom is -0.378 e. The smallest absolute Gasteiger partial charge is 0.265 e. The van der Waals surface area contributed by atoms with Crippen LogP contribution in [0.3, 0.4) is 0 Å². The van der Waals surface area contributed by atoms with Gasteiger partial charge in [-0.15, -0.1) is 0 Å². The predicted octanol–water partition coefficient (Wildman–Crippen LogP) is 4.44. The van der Waals surface area contributed by atoms with E-state index in [0.29, 0.717) is 35.1 Å². The number of benzene rings is 3. The highest BCUT2D eigenvalue weighted by molar-refractivity contribution is 6.37. The first kappa shape index (κ1) is 18.2. The van der Waals surface area contributed by atoms with E-state index in [-0.39, 0.29) is 11.8 Å². The first-order valence-electron chi connectivity index (χ1n) is 9.59. The van der Waals surface area contributed by atoms with Gasteiger partial charge in [-0.05, 0) is 42.8 Å². The fourth-order valence-electron chi connectivity index (χ4n) is 4.12. The van der Waals surface area contributed by atoms with Gasteiger partial charge in [0.25, 0.3) is 11.8 Å². The van der Waals surface area contributed by atoms with Crippen molar-refractivity contribution in [3.8, 4) is 0 Å². The monoisotopic (exact) mass is 406 g/mol. The normalized spacial score (nSPS) is 16.6. The summed E-state index contributed by atoms with van der Waals surface area (Å²) in [4.78, 5) is 30.1. The lowest BCUT2D eigenvalue weighted by Gasteiger charge is -2.32. The molecule has 0 N–H and O–H groups in total. The van der Waals surface area contributed by atoms with Gasteiger partial charge in [-0.1, -0.05) is 29.8 Å². The fraction of sp³-hybridized carbons (Fsp3) is 0.217. The molecule has 6 heteroatoms. The average Bonchev–Trinajstić information content (AvgIpc) is 2.75. The summed E-state index contributed by atoms with van der Waals surface area (Å²) in [6.45, 7) is 4.80. The fourth-order valence-corrected chi connectivity index (χ4v) is 4.29. The highest BCUT2D eigenvalue weighted by Gasteiger charge is 2.35. The number of hydrogen-bond donors (Lipinski definition) is 0. The molecular formula is C23H19ClN2O3. The molecule has 0 aromatic heterocycles. The standard InChI is InChI=1S/C23H19ClN2O3/c1-14-5-6-15(13-19(14)24)26-22(27)17-4-2-3-16-20(25-9-11-29-12-10-25)8-7-18(21(16)17)23(26)28/h2-8,13H,9-12H2,1H3. The molecule has 146 valence electrons. The second kappa shape index (κ2) is 6.87. The molecule has 0 atom stereocenters. The van der Waals surface area contributed by atoms with Crippen LogP contribution < -0.4 is 9.80 Å². The first-order valence-corrected chi connectivity index (χ1v) is 9.97. The number of imide groups is 1. The average molecular weight is 407 g/mol. The topological polar surface area (TPSA) is 49.9 Å². The number of aryl methyl sites for hydroxylation is 1. The minimum atomic E-state index is -0.327. The number of hydrogen-bond acceptors (Lipinski definition) is 4. The van der Waals surface area contributed by atoms with Crippen LogP contribution in [0.2, 0.25) is 5.02 Å². The quantitative estimate of drug-likeness (QED) is 0.590. The largest absolute Gasteiger partial charge is 0.378 e. The lowest BCUT2D eigenvalue weighted by atomic mass is 9.92. The van der Waals surface area contributed by atoms with Crippen LogP contribution in [0.5, 0.6) is 0 Å². The highest BCUT2D eigenvalue weighted by atomic mass is 35.5. The summed E-state index contributed by atoms with van der Waals surface area (Å²) < 4.78 is 5.46. The van der Waals surface area contributed by atoms with Gasteiger partial charge in [0.1, 0.15) is 0 Å². The number of morpholine rings is 1. The zero-order chi connectivity index (χ0) is 20.1. The third-order valence-corrected chi connectivity index (χ3v) is 6.06. The Balaban J connectivity index is 1.67. The van der Waals surface area contributed by atoms with E-state index in [0.717, 1.165) is 35.1 Å². The van der Waals surface area contributed by atoms with E-state index in [4.69, 9.17) is 16.3 Å². The molecule has 3 aromatic rings. The molecule has 2 heterocycles. The highest BCUT2D eigenvalue weighted by Crippen LogP contribution is 2.38. The number of rotatable bonds is 2. The van der Waals surface area contributed by atoms with Crippen molar-refractivity contribution in [2.75, 3.05) is 36.1 Å². The molecule has 2 aliphatic rings. The van der Waals surface area contributed by atoms with Crippen molar-refractivity contribution in [3.63, 3.8) is 0 Å². The van der Waals surface area contributed by atoms with E-state index in [2.05, 4.69) is 4.90 Å². The summed E-state index contributed by atoms with van der Waals surface area (Å²) >= 11 is 6.25. The number of halogens is 1. The van der Waals surface area contributed by atoms with Crippen molar-refractivity contribution < 1.29 is 14.3 Å². The van der Waals surface area contributed by atoms with Gasteiger partial charge in [0.05, 0.1) is 18.9 Å². The summed E-state index contributed by atoms with van der Waals surface area (Å²) in [6.07, 6.45) is 0. The molecule has 5 rings (SSSR count). The zero-order valence-corrected chi connectivity index (χ0v) is 16.7. The van der Waals surface area contributed by atoms with Crippen LogP contribution in [0, 0.1) is 6.92 Å². The van der Waals surface area contributed by atoms with Gasteiger partial charge in [0, 0.05) is 45.7 Å². The number of ether oxygens (including phenoxy) is 1. The van der Waals surface area contributed by atoms with E-state index in [1.165, 1.54) is 4.90 Å². The van der Waals surface area contributed by atoms with Gasteiger partial charge in [0.15, 0.2) is 0 Å². The number of carbonyl (C=O) groups excluding carboxylic acids is 2. The summed E-state index contributed by atoms with van der Waals surface area (Å²) in [5.41, 5.74) is 3.47. The van der Waals surface area contributed by atoms with Gasteiger partial charge < -0.3 is 9.64 Å². The van der Waals surface area contributed by atoms with E-state index < -0.39 is 0 Å². The predicted molar refractivity (Wildman–Crippen MR) is 114 cm³/mol. The van der Waals surface area contributed by atoms with Crippen LogP contribution in [-0.4, -0.2) is 38.1 Å². The second-order valence-corrected chi connectivity index (χ2v) is 7.75. The van der Waals surface area contributed by atoms with Gasteiger partial charge in [0.2, 0.25) is 0 Å². The molecule has 0 unspecified atom stereocenters. The Morgan fingerprint density at radius 1 is 0.931 bits per heavy atom. The van der Waals surface area contributed by atoms with Gasteiger partial charge >= 0.3 is 0 Å². The first-order chi connectivity index (χ1) is 14.1.